The summed E-state index contributed by atoms with van der Waals surface area (Å²) < 4.78 is 8.45. The largest absolute Gasteiger partial charge is 0.443 e. The zero-order chi connectivity index (χ0) is 23.7. The number of nitrogens with one attached hydrogen (secondary N) is 1. The molecule has 7 heteroatoms. The molecule has 3 aliphatic heterocycles. The molecule has 2 bridgehead atoms. The fourth-order valence-electron chi connectivity index (χ4n) is 5.98. The predicted octanol–water partition coefficient (Wildman–Crippen LogP) is 5.27. The van der Waals surface area contributed by atoms with E-state index in [-0.39, 0.29) is 12.1 Å². The maximum Gasteiger partial charge on any atom is 0.407 e. The fraction of sp³-hybridized carbons (Fsp3) is 0.481. The molecule has 3 aromatic rings. The summed E-state index contributed by atoms with van der Waals surface area (Å²) in [6.07, 6.45) is 2.75. The molecule has 0 saturated carbocycles. The summed E-state index contributed by atoms with van der Waals surface area (Å²) in [5.41, 5.74) is 3.44. The second-order valence-electron chi connectivity index (χ2n) is 9.95. The number of hydrogen-bond acceptors (Lipinski definition) is 3. The summed E-state index contributed by atoms with van der Waals surface area (Å²) in [6, 6.07) is 18.1. The second-order valence-corrected chi connectivity index (χ2v) is 10.2. The summed E-state index contributed by atoms with van der Waals surface area (Å²) in [7, 11) is 2.06. The highest BCUT2D eigenvalue weighted by molar-refractivity contribution is 6.17. The first-order valence-corrected chi connectivity index (χ1v) is 12.9. The van der Waals surface area contributed by atoms with Crippen molar-refractivity contribution < 1.29 is 14.0 Å². The average molecular weight is 482 g/mol. The SMILES string of the molecule is CCCNC(=O)OC[C@H]1C[C@@H]2CC[N+]1(CCl)C[C@@H]2c1cc(-c2ccc3ccccc3c2)nn1C. The number of aryl methyl sites for hydroxylation is 1. The van der Waals surface area contributed by atoms with E-state index >= 15 is 0 Å². The standard InChI is InChI=1S/C27H33ClN4O2/c1-3-11-29-27(33)34-17-23-14-21-10-12-32(23,18-28)16-24(21)26-15-25(30-31(26)2)22-9-8-19-6-4-5-7-20(19)13-22/h4-9,13,15,21,23-24H,3,10-12,14,16-18H2,1-2H3/p+1/t21-,23+,24-,32?/m0/s1. The minimum atomic E-state index is -0.319. The van der Waals surface area contributed by atoms with Crippen molar-refractivity contribution in [3.05, 3.63) is 54.2 Å². The Morgan fingerprint density at radius 2 is 2.06 bits per heavy atom. The summed E-state index contributed by atoms with van der Waals surface area (Å²) in [5.74, 6) is 0.958. The third kappa shape index (κ3) is 4.29. The number of alkyl carbamates (subject to hydrolysis) is 1. The molecule has 0 spiro atoms. The van der Waals surface area contributed by atoms with Gasteiger partial charge in [-0.3, -0.25) is 4.68 Å². The van der Waals surface area contributed by atoms with Gasteiger partial charge in [-0.15, -0.1) is 0 Å². The van der Waals surface area contributed by atoms with Crippen LogP contribution in [0, 0.1) is 5.92 Å². The van der Waals surface area contributed by atoms with Crippen LogP contribution in [0.25, 0.3) is 22.0 Å². The highest BCUT2D eigenvalue weighted by atomic mass is 35.5. The van der Waals surface area contributed by atoms with Gasteiger partial charge in [0, 0.05) is 37.7 Å². The van der Waals surface area contributed by atoms with Crippen molar-refractivity contribution in [2.75, 3.05) is 32.2 Å². The van der Waals surface area contributed by atoms with Crippen molar-refractivity contribution in [3.8, 4) is 11.3 Å². The first kappa shape index (κ1) is 23.2. The lowest BCUT2D eigenvalue weighted by Crippen LogP contribution is -2.67. The molecule has 1 unspecified atom stereocenters. The zero-order valence-electron chi connectivity index (χ0n) is 20.0. The molecule has 1 N–H and O–H groups in total. The number of nitrogens with zero attached hydrogens (tertiary/aromatic N) is 3. The quantitative estimate of drug-likeness (QED) is 0.284. The highest BCUT2D eigenvalue weighted by Gasteiger charge is 2.53. The van der Waals surface area contributed by atoms with E-state index in [1.54, 1.807) is 0 Å². The lowest BCUT2D eigenvalue weighted by Gasteiger charge is -2.56. The van der Waals surface area contributed by atoms with Crippen LogP contribution in [0.1, 0.15) is 37.8 Å². The van der Waals surface area contributed by atoms with Crippen molar-refractivity contribution in [3.63, 3.8) is 0 Å². The molecule has 3 aliphatic rings. The number of halogens is 1. The van der Waals surface area contributed by atoms with Crippen molar-refractivity contribution in [2.24, 2.45) is 13.0 Å². The molecule has 0 radical (unpaired) electrons. The van der Waals surface area contributed by atoms with Crippen LogP contribution in [0.2, 0.25) is 0 Å². The third-order valence-electron chi connectivity index (χ3n) is 7.93. The molecule has 0 aliphatic carbocycles. The van der Waals surface area contributed by atoms with Crippen LogP contribution in [0.3, 0.4) is 0 Å². The number of aromatic nitrogens is 2. The summed E-state index contributed by atoms with van der Waals surface area (Å²) in [6.45, 7) is 5.12. The van der Waals surface area contributed by atoms with E-state index in [0.29, 0.717) is 31.0 Å². The third-order valence-corrected chi connectivity index (χ3v) is 8.41. The number of fused-ring (bicyclic) bond motifs is 4. The number of hydrogen-bond donors (Lipinski definition) is 1. The number of ether oxygens (including phenoxy) is 1. The monoisotopic (exact) mass is 481 g/mol. The van der Waals surface area contributed by atoms with Gasteiger partial charge in [0.15, 0.2) is 6.00 Å². The van der Waals surface area contributed by atoms with Gasteiger partial charge < -0.3 is 14.5 Å². The van der Waals surface area contributed by atoms with E-state index in [9.17, 15) is 4.79 Å². The van der Waals surface area contributed by atoms with Crippen LogP contribution in [0.15, 0.2) is 48.5 Å². The number of carbonyl (C=O) groups excluding carboxylic acids is 1. The van der Waals surface area contributed by atoms with E-state index in [4.69, 9.17) is 21.4 Å². The minimum absolute atomic E-state index is 0.257. The number of carbonyl (C=O) groups is 1. The summed E-state index contributed by atoms with van der Waals surface area (Å²) >= 11 is 6.60. The molecule has 2 aromatic carbocycles. The van der Waals surface area contributed by atoms with Gasteiger partial charge in [-0.2, -0.15) is 5.10 Å². The number of amides is 1. The summed E-state index contributed by atoms with van der Waals surface area (Å²) in [4.78, 5) is 12.0. The number of benzene rings is 2. The Labute approximate surface area is 206 Å². The van der Waals surface area contributed by atoms with Gasteiger partial charge in [0.1, 0.15) is 12.6 Å². The summed E-state index contributed by atoms with van der Waals surface area (Å²) in [5, 5.41) is 10.2. The van der Waals surface area contributed by atoms with Crippen LogP contribution >= 0.6 is 11.6 Å². The van der Waals surface area contributed by atoms with Crippen LogP contribution < -0.4 is 5.32 Å². The van der Waals surface area contributed by atoms with Gasteiger partial charge in [0.25, 0.3) is 0 Å². The van der Waals surface area contributed by atoms with Crippen LogP contribution in [-0.4, -0.2) is 58.6 Å². The molecule has 4 atom stereocenters. The number of piperidine rings is 3. The maximum absolute atomic E-state index is 12.0. The Balaban J connectivity index is 1.35. The maximum atomic E-state index is 12.0. The Morgan fingerprint density at radius 3 is 2.85 bits per heavy atom. The average Bonchev–Trinajstić information content (AvgIpc) is 3.27. The van der Waals surface area contributed by atoms with Crippen LogP contribution in [0.5, 0.6) is 0 Å². The molecule has 4 heterocycles. The van der Waals surface area contributed by atoms with Gasteiger partial charge in [-0.05, 0) is 35.2 Å². The molecule has 180 valence electrons. The Morgan fingerprint density at radius 1 is 1.24 bits per heavy atom. The number of quaternary nitrogens is 1. The molecule has 6 rings (SSSR count). The number of alkyl halides is 1. The molecular weight excluding hydrogens is 448 g/mol. The Hall–Kier alpha value is -2.57. The Kier molecular flexibility index (Phi) is 6.54. The van der Waals surface area contributed by atoms with E-state index in [0.717, 1.165) is 48.1 Å². The number of rotatable bonds is 7. The van der Waals surface area contributed by atoms with Gasteiger partial charge >= 0.3 is 6.09 Å². The van der Waals surface area contributed by atoms with E-state index in [1.807, 2.05) is 6.92 Å². The van der Waals surface area contributed by atoms with E-state index < -0.39 is 0 Å². The Bertz CT molecular complexity index is 1180. The lowest BCUT2D eigenvalue weighted by atomic mass is 9.72. The van der Waals surface area contributed by atoms with Gasteiger partial charge in [0.2, 0.25) is 0 Å². The normalized spacial score (nSPS) is 26.0. The van der Waals surface area contributed by atoms with E-state index in [2.05, 4.69) is 65.6 Å². The van der Waals surface area contributed by atoms with Crippen molar-refractivity contribution in [1.82, 2.24) is 15.1 Å². The smallest absolute Gasteiger partial charge is 0.407 e. The highest BCUT2D eigenvalue weighted by Crippen LogP contribution is 2.47. The zero-order valence-corrected chi connectivity index (χ0v) is 20.8. The van der Waals surface area contributed by atoms with Crippen LogP contribution in [-0.2, 0) is 11.8 Å². The van der Waals surface area contributed by atoms with Crippen LogP contribution in [0.4, 0.5) is 4.79 Å². The molecule has 1 aromatic heterocycles. The van der Waals surface area contributed by atoms with Gasteiger partial charge in [0.05, 0.1) is 24.7 Å². The molecule has 3 fully saturated rings. The lowest BCUT2D eigenvalue weighted by molar-refractivity contribution is -0.958. The molecule has 3 saturated heterocycles. The molecule has 1 amide bonds. The first-order chi connectivity index (χ1) is 16.5. The van der Waals surface area contributed by atoms with Gasteiger partial charge in [-0.1, -0.05) is 54.9 Å². The second kappa shape index (κ2) is 9.59. The molecule has 6 nitrogen and oxygen atoms in total. The van der Waals surface area contributed by atoms with Crippen molar-refractivity contribution >= 4 is 28.5 Å². The topological polar surface area (TPSA) is 56.1 Å². The predicted molar refractivity (Wildman–Crippen MR) is 136 cm³/mol. The van der Waals surface area contributed by atoms with Gasteiger partial charge in [-0.25, -0.2) is 4.79 Å². The fourth-order valence-corrected chi connectivity index (χ4v) is 6.39. The molecular formula is C27H34ClN4O2+. The minimum Gasteiger partial charge on any atom is -0.443 e. The van der Waals surface area contributed by atoms with E-state index in [1.165, 1.54) is 16.5 Å². The first-order valence-electron chi connectivity index (χ1n) is 12.4. The molecule has 34 heavy (non-hydrogen) atoms. The van der Waals surface area contributed by atoms with Crippen molar-refractivity contribution in [2.45, 2.75) is 38.1 Å². The van der Waals surface area contributed by atoms with Crippen molar-refractivity contribution in [1.29, 1.82) is 0 Å².